The van der Waals surface area contributed by atoms with Crippen LogP contribution in [0.2, 0.25) is 0 Å². The van der Waals surface area contributed by atoms with Gasteiger partial charge in [-0.3, -0.25) is 0 Å². The molecule has 0 aliphatic heterocycles. The molecule has 0 saturated heterocycles. The third-order valence-corrected chi connectivity index (χ3v) is 1.53. The van der Waals surface area contributed by atoms with Crippen molar-refractivity contribution in [2.45, 2.75) is 19.9 Å². The molecule has 1 aromatic rings. The average molecular weight is 193 g/mol. The number of esters is 1. The zero-order valence-corrected chi connectivity index (χ0v) is 8.15. The lowest BCUT2D eigenvalue weighted by Gasteiger charge is -1.96. The molecule has 0 amide bonds. The van der Waals surface area contributed by atoms with Crippen molar-refractivity contribution in [3.8, 4) is 11.8 Å². The van der Waals surface area contributed by atoms with Gasteiger partial charge in [0.1, 0.15) is 5.69 Å². The van der Waals surface area contributed by atoms with Crippen molar-refractivity contribution in [1.29, 1.82) is 0 Å². The standard InChI is InChI=1S/C9H11N3O2/c1-3-6-12-8(7-10-11-12)4-5-9(13)14-2/h7H,3,6H2,1-2H3. The van der Waals surface area contributed by atoms with E-state index in [-0.39, 0.29) is 0 Å². The van der Waals surface area contributed by atoms with E-state index in [9.17, 15) is 4.79 Å². The number of aromatic nitrogens is 3. The number of rotatable bonds is 2. The number of aryl methyl sites for hydroxylation is 1. The monoisotopic (exact) mass is 193 g/mol. The second-order valence-electron chi connectivity index (χ2n) is 2.58. The van der Waals surface area contributed by atoms with Crippen molar-refractivity contribution in [3.63, 3.8) is 0 Å². The molecule has 0 spiro atoms. The summed E-state index contributed by atoms with van der Waals surface area (Å²) in [6.45, 7) is 2.77. The molecular weight excluding hydrogens is 182 g/mol. The minimum atomic E-state index is -0.561. The van der Waals surface area contributed by atoms with Crippen LogP contribution in [-0.2, 0) is 16.1 Å². The SMILES string of the molecule is CCCn1nncc1C#CC(=O)OC. The van der Waals surface area contributed by atoms with Gasteiger partial charge in [-0.1, -0.05) is 12.1 Å². The number of carbonyl (C=O) groups excluding carboxylic acids is 1. The van der Waals surface area contributed by atoms with Crippen molar-refractivity contribution in [1.82, 2.24) is 15.0 Å². The van der Waals surface area contributed by atoms with E-state index in [0.717, 1.165) is 13.0 Å². The molecular formula is C9H11N3O2. The Hall–Kier alpha value is -1.83. The van der Waals surface area contributed by atoms with E-state index < -0.39 is 5.97 Å². The Balaban J connectivity index is 2.78. The van der Waals surface area contributed by atoms with E-state index in [1.807, 2.05) is 6.92 Å². The van der Waals surface area contributed by atoms with Crippen LogP contribution in [0.25, 0.3) is 0 Å². The van der Waals surface area contributed by atoms with E-state index in [1.165, 1.54) is 13.3 Å². The highest BCUT2D eigenvalue weighted by molar-refractivity contribution is 5.88. The molecule has 0 saturated carbocycles. The molecule has 14 heavy (non-hydrogen) atoms. The highest BCUT2D eigenvalue weighted by Gasteiger charge is 1.99. The van der Waals surface area contributed by atoms with Gasteiger partial charge in [0.2, 0.25) is 0 Å². The second-order valence-corrected chi connectivity index (χ2v) is 2.58. The van der Waals surface area contributed by atoms with Gasteiger partial charge in [-0.25, -0.2) is 9.48 Å². The van der Waals surface area contributed by atoms with E-state index in [2.05, 4.69) is 26.9 Å². The minimum Gasteiger partial charge on any atom is -0.459 e. The fourth-order valence-electron chi connectivity index (χ4n) is 0.898. The molecule has 0 aromatic carbocycles. The van der Waals surface area contributed by atoms with Crippen LogP contribution in [0.4, 0.5) is 0 Å². The van der Waals surface area contributed by atoms with Crippen LogP contribution in [0.1, 0.15) is 19.0 Å². The number of methoxy groups -OCH3 is 1. The first-order chi connectivity index (χ1) is 6.77. The van der Waals surface area contributed by atoms with E-state index in [0.29, 0.717) is 5.69 Å². The topological polar surface area (TPSA) is 57.0 Å². The first kappa shape index (κ1) is 10.3. The lowest BCUT2D eigenvalue weighted by Crippen LogP contribution is -2.02. The smallest absolute Gasteiger partial charge is 0.384 e. The first-order valence-corrected chi connectivity index (χ1v) is 4.26. The van der Waals surface area contributed by atoms with Gasteiger partial charge in [-0.05, 0) is 12.3 Å². The largest absolute Gasteiger partial charge is 0.459 e. The first-order valence-electron chi connectivity index (χ1n) is 4.26. The summed E-state index contributed by atoms with van der Waals surface area (Å²) in [5, 5.41) is 7.52. The van der Waals surface area contributed by atoms with Crippen LogP contribution in [-0.4, -0.2) is 28.1 Å². The number of hydrogen-bond donors (Lipinski definition) is 0. The summed E-state index contributed by atoms with van der Waals surface area (Å²) < 4.78 is 6.03. The Labute approximate surface area is 82.1 Å². The van der Waals surface area contributed by atoms with Crippen LogP contribution in [0.3, 0.4) is 0 Å². The zero-order chi connectivity index (χ0) is 10.4. The van der Waals surface area contributed by atoms with Crippen molar-refractivity contribution < 1.29 is 9.53 Å². The minimum absolute atomic E-state index is 0.561. The molecule has 0 radical (unpaired) electrons. The van der Waals surface area contributed by atoms with Gasteiger partial charge >= 0.3 is 5.97 Å². The number of carbonyl (C=O) groups is 1. The molecule has 0 bridgehead atoms. The fraction of sp³-hybridized carbons (Fsp3) is 0.444. The van der Waals surface area contributed by atoms with Crippen molar-refractivity contribution in [2.75, 3.05) is 7.11 Å². The van der Waals surface area contributed by atoms with Crippen LogP contribution in [0, 0.1) is 11.8 Å². The van der Waals surface area contributed by atoms with Gasteiger partial charge in [0.15, 0.2) is 0 Å². The predicted octanol–water partition coefficient (Wildman–Crippen LogP) is 0.213. The average Bonchev–Trinajstić information content (AvgIpc) is 2.62. The Bertz CT molecular complexity index is 373. The van der Waals surface area contributed by atoms with Gasteiger partial charge in [0, 0.05) is 12.5 Å². The summed E-state index contributed by atoms with van der Waals surface area (Å²) in [6, 6.07) is 0. The summed E-state index contributed by atoms with van der Waals surface area (Å²) in [7, 11) is 1.29. The van der Waals surface area contributed by atoms with Crippen LogP contribution >= 0.6 is 0 Å². The van der Waals surface area contributed by atoms with E-state index in [4.69, 9.17) is 0 Å². The maximum absolute atomic E-state index is 10.7. The number of hydrogen-bond acceptors (Lipinski definition) is 4. The van der Waals surface area contributed by atoms with Crippen LogP contribution in [0.15, 0.2) is 6.20 Å². The maximum Gasteiger partial charge on any atom is 0.384 e. The van der Waals surface area contributed by atoms with Crippen molar-refractivity contribution in [3.05, 3.63) is 11.9 Å². The molecule has 0 N–H and O–H groups in total. The normalized spacial score (nSPS) is 9.00. The summed E-state index contributed by atoms with van der Waals surface area (Å²) in [5.74, 6) is 4.40. The molecule has 0 unspecified atom stereocenters. The Morgan fingerprint density at radius 1 is 1.71 bits per heavy atom. The lowest BCUT2D eigenvalue weighted by atomic mass is 10.4. The quantitative estimate of drug-likeness (QED) is 0.497. The molecule has 0 aliphatic rings. The molecule has 74 valence electrons. The predicted molar refractivity (Wildman–Crippen MR) is 49.2 cm³/mol. The number of ether oxygens (including phenoxy) is 1. The zero-order valence-electron chi connectivity index (χ0n) is 8.15. The molecule has 1 aromatic heterocycles. The highest BCUT2D eigenvalue weighted by Crippen LogP contribution is 1.95. The summed E-state index contributed by atoms with van der Waals surface area (Å²) in [5.41, 5.74) is 0.622. The molecule has 1 rings (SSSR count). The number of nitrogens with zero attached hydrogens (tertiary/aromatic N) is 3. The van der Waals surface area contributed by atoms with Gasteiger partial charge < -0.3 is 4.74 Å². The van der Waals surface area contributed by atoms with Crippen LogP contribution < -0.4 is 0 Å². The van der Waals surface area contributed by atoms with Gasteiger partial charge in [0.05, 0.1) is 13.3 Å². The lowest BCUT2D eigenvalue weighted by molar-refractivity contribution is -0.133. The second kappa shape index (κ2) is 5.02. The Morgan fingerprint density at radius 2 is 2.50 bits per heavy atom. The summed E-state index contributed by atoms with van der Waals surface area (Å²) in [6.07, 6.45) is 2.46. The highest BCUT2D eigenvalue weighted by atomic mass is 16.5. The summed E-state index contributed by atoms with van der Waals surface area (Å²) in [4.78, 5) is 10.7. The van der Waals surface area contributed by atoms with Gasteiger partial charge in [-0.15, -0.1) is 5.10 Å². The maximum atomic E-state index is 10.7. The fourth-order valence-corrected chi connectivity index (χ4v) is 0.898. The van der Waals surface area contributed by atoms with E-state index >= 15 is 0 Å². The summed E-state index contributed by atoms with van der Waals surface area (Å²) >= 11 is 0. The molecule has 5 heteroatoms. The molecule has 0 aliphatic carbocycles. The third-order valence-electron chi connectivity index (χ3n) is 1.53. The molecule has 5 nitrogen and oxygen atoms in total. The van der Waals surface area contributed by atoms with Gasteiger partial charge in [0.25, 0.3) is 0 Å². The Kier molecular flexibility index (Phi) is 3.68. The van der Waals surface area contributed by atoms with Crippen LogP contribution in [0.5, 0.6) is 0 Å². The van der Waals surface area contributed by atoms with Crippen molar-refractivity contribution in [2.24, 2.45) is 0 Å². The third kappa shape index (κ3) is 2.59. The molecule has 0 fully saturated rings. The molecule has 1 heterocycles. The van der Waals surface area contributed by atoms with E-state index in [1.54, 1.807) is 4.68 Å². The van der Waals surface area contributed by atoms with Crippen molar-refractivity contribution >= 4 is 5.97 Å². The molecule has 0 atom stereocenters. The Morgan fingerprint density at radius 3 is 3.14 bits per heavy atom. The van der Waals surface area contributed by atoms with Gasteiger partial charge in [-0.2, -0.15) is 0 Å².